The molecule has 1 aromatic rings. The minimum absolute atomic E-state index is 0.0748. The van der Waals surface area contributed by atoms with Crippen molar-refractivity contribution in [3.05, 3.63) is 23.9 Å². The molecule has 19 heavy (non-hydrogen) atoms. The molecular formula is C14H21N3O2. The van der Waals surface area contributed by atoms with E-state index >= 15 is 0 Å². The number of nitrogens with one attached hydrogen (secondary N) is 1. The molecule has 0 saturated heterocycles. The molecule has 1 N–H and O–H groups in total. The first-order valence-electron chi connectivity index (χ1n) is 6.62. The van der Waals surface area contributed by atoms with Crippen LogP contribution in [0.1, 0.15) is 18.4 Å². The van der Waals surface area contributed by atoms with E-state index < -0.39 is 0 Å². The number of ether oxygens (including phenoxy) is 1. The molecule has 5 heteroatoms. The summed E-state index contributed by atoms with van der Waals surface area (Å²) in [7, 11) is 3.87. The van der Waals surface area contributed by atoms with Gasteiger partial charge >= 0.3 is 0 Å². The van der Waals surface area contributed by atoms with Crippen LogP contribution in [0.5, 0.6) is 0 Å². The number of aromatic nitrogens is 1. The molecule has 1 aromatic heterocycles. The van der Waals surface area contributed by atoms with Crippen LogP contribution in [0.15, 0.2) is 18.3 Å². The van der Waals surface area contributed by atoms with Crippen LogP contribution in [0, 0.1) is 5.92 Å². The molecule has 0 unspecified atom stereocenters. The fraction of sp³-hybridized carbons (Fsp3) is 0.571. The van der Waals surface area contributed by atoms with Gasteiger partial charge in [0.25, 0.3) is 0 Å². The third-order valence-electron chi connectivity index (χ3n) is 3.05. The van der Waals surface area contributed by atoms with Gasteiger partial charge in [-0.1, -0.05) is 6.07 Å². The summed E-state index contributed by atoms with van der Waals surface area (Å²) < 4.78 is 5.35. The number of rotatable bonds is 7. The summed E-state index contributed by atoms with van der Waals surface area (Å²) in [6.45, 7) is 1.34. The van der Waals surface area contributed by atoms with E-state index in [1.165, 1.54) is 12.8 Å². The first-order chi connectivity index (χ1) is 9.16. The molecule has 0 atom stereocenters. The second-order valence-corrected chi connectivity index (χ2v) is 5.12. The van der Waals surface area contributed by atoms with Crippen LogP contribution in [0.2, 0.25) is 0 Å². The average Bonchev–Trinajstić information content (AvgIpc) is 3.20. The lowest BCUT2D eigenvalue weighted by atomic mass is 10.2. The Morgan fingerprint density at radius 2 is 2.32 bits per heavy atom. The van der Waals surface area contributed by atoms with Gasteiger partial charge in [0, 0.05) is 32.4 Å². The van der Waals surface area contributed by atoms with E-state index in [2.05, 4.69) is 10.3 Å². The van der Waals surface area contributed by atoms with E-state index in [9.17, 15) is 4.79 Å². The Hall–Kier alpha value is -1.62. The number of anilines is 1. The van der Waals surface area contributed by atoms with Gasteiger partial charge in [-0.15, -0.1) is 0 Å². The average molecular weight is 263 g/mol. The van der Waals surface area contributed by atoms with Crippen LogP contribution in [-0.4, -0.2) is 38.2 Å². The molecule has 1 aliphatic carbocycles. The van der Waals surface area contributed by atoms with Gasteiger partial charge in [-0.25, -0.2) is 4.98 Å². The SMILES string of the molecule is CN(C)c1ncccc1CNC(=O)COCC1CC1. The van der Waals surface area contributed by atoms with Crippen molar-refractivity contribution in [3.8, 4) is 0 Å². The summed E-state index contributed by atoms with van der Waals surface area (Å²) in [5.41, 5.74) is 1.00. The maximum atomic E-state index is 11.6. The first kappa shape index (κ1) is 13.8. The van der Waals surface area contributed by atoms with Crippen LogP contribution in [0.3, 0.4) is 0 Å². The highest BCUT2D eigenvalue weighted by Gasteiger charge is 2.21. The predicted octanol–water partition coefficient (Wildman–Crippen LogP) is 1.19. The molecule has 1 heterocycles. The molecule has 1 saturated carbocycles. The molecular weight excluding hydrogens is 242 g/mol. The van der Waals surface area contributed by atoms with Gasteiger partial charge < -0.3 is 15.0 Å². The minimum Gasteiger partial charge on any atom is -0.371 e. The number of carbonyl (C=O) groups is 1. The van der Waals surface area contributed by atoms with Crippen molar-refractivity contribution >= 4 is 11.7 Å². The Balaban J connectivity index is 1.75. The third-order valence-corrected chi connectivity index (χ3v) is 3.05. The van der Waals surface area contributed by atoms with Gasteiger partial charge in [0.05, 0.1) is 6.61 Å². The second kappa shape index (κ2) is 6.52. The number of hydrogen-bond donors (Lipinski definition) is 1. The molecule has 1 fully saturated rings. The normalized spacial score (nSPS) is 14.2. The van der Waals surface area contributed by atoms with Gasteiger partial charge in [0.2, 0.25) is 5.91 Å². The highest BCUT2D eigenvalue weighted by atomic mass is 16.5. The molecule has 1 amide bonds. The van der Waals surface area contributed by atoms with Crippen molar-refractivity contribution in [1.29, 1.82) is 0 Å². The molecule has 2 rings (SSSR count). The Labute approximate surface area is 114 Å². The fourth-order valence-electron chi connectivity index (χ4n) is 1.82. The van der Waals surface area contributed by atoms with Crippen molar-refractivity contribution in [2.24, 2.45) is 5.92 Å². The van der Waals surface area contributed by atoms with Gasteiger partial charge in [-0.2, -0.15) is 0 Å². The summed E-state index contributed by atoms with van der Waals surface area (Å²) in [4.78, 5) is 17.9. The van der Waals surface area contributed by atoms with Gasteiger partial charge in [0.1, 0.15) is 12.4 Å². The number of carbonyl (C=O) groups excluding carboxylic acids is 1. The van der Waals surface area contributed by atoms with E-state index in [4.69, 9.17) is 4.74 Å². The molecule has 5 nitrogen and oxygen atoms in total. The monoisotopic (exact) mass is 263 g/mol. The fourth-order valence-corrected chi connectivity index (χ4v) is 1.82. The number of nitrogens with zero attached hydrogens (tertiary/aromatic N) is 2. The number of hydrogen-bond acceptors (Lipinski definition) is 4. The van der Waals surface area contributed by atoms with E-state index in [1.807, 2.05) is 31.1 Å². The van der Waals surface area contributed by atoms with Crippen LogP contribution < -0.4 is 10.2 Å². The van der Waals surface area contributed by atoms with Gasteiger partial charge in [-0.3, -0.25) is 4.79 Å². The summed E-state index contributed by atoms with van der Waals surface area (Å²) in [6.07, 6.45) is 4.23. The summed E-state index contributed by atoms with van der Waals surface area (Å²) in [5, 5.41) is 2.86. The number of pyridine rings is 1. The minimum atomic E-state index is -0.0748. The molecule has 0 aromatic carbocycles. The standard InChI is InChI=1S/C14H21N3O2/c1-17(2)14-12(4-3-7-15-14)8-16-13(18)10-19-9-11-5-6-11/h3-4,7,11H,5-6,8-10H2,1-2H3,(H,16,18). The molecule has 1 aliphatic rings. The lowest BCUT2D eigenvalue weighted by Crippen LogP contribution is -2.28. The van der Waals surface area contributed by atoms with Crippen LogP contribution in [0.25, 0.3) is 0 Å². The van der Waals surface area contributed by atoms with Gasteiger partial charge in [-0.05, 0) is 24.8 Å². The second-order valence-electron chi connectivity index (χ2n) is 5.12. The van der Waals surface area contributed by atoms with E-state index in [1.54, 1.807) is 6.20 Å². The molecule has 104 valence electrons. The van der Waals surface area contributed by atoms with Crippen molar-refractivity contribution in [1.82, 2.24) is 10.3 Å². The largest absolute Gasteiger partial charge is 0.371 e. The Morgan fingerprint density at radius 3 is 3.00 bits per heavy atom. The Kier molecular flexibility index (Phi) is 4.74. The summed E-state index contributed by atoms with van der Waals surface area (Å²) in [6, 6.07) is 3.84. The van der Waals surface area contributed by atoms with Gasteiger partial charge in [0.15, 0.2) is 0 Å². The number of amides is 1. The first-order valence-corrected chi connectivity index (χ1v) is 6.62. The molecule has 0 bridgehead atoms. The van der Waals surface area contributed by atoms with E-state index in [0.717, 1.165) is 11.4 Å². The Bertz CT molecular complexity index is 430. The lowest BCUT2D eigenvalue weighted by molar-refractivity contribution is -0.126. The van der Waals surface area contributed by atoms with Crippen molar-refractivity contribution in [2.75, 3.05) is 32.2 Å². The Morgan fingerprint density at radius 1 is 1.53 bits per heavy atom. The predicted molar refractivity (Wildman–Crippen MR) is 74.0 cm³/mol. The third kappa shape index (κ3) is 4.52. The lowest BCUT2D eigenvalue weighted by Gasteiger charge is -2.16. The quantitative estimate of drug-likeness (QED) is 0.803. The summed E-state index contributed by atoms with van der Waals surface area (Å²) >= 11 is 0. The van der Waals surface area contributed by atoms with Crippen LogP contribution in [-0.2, 0) is 16.1 Å². The zero-order chi connectivity index (χ0) is 13.7. The highest BCUT2D eigenvalue weighted by Crippen LogP contribution is 2.28. The maximum Gasteiger partial charge on any atom is 0.246 e. The van der Waals surface area contributed by atoms with Crippen molar-refractivity contribution < 1.29 is 9.53 Å². The van der Waals surface area contributed by atoms with Crippen molar-refractivity contribution in [2.45, 2.75) is 19.4 Å². The topological polar surface area (TPSA) is 54.5 Å². The molecule has 0 radical (unpaired) electrons. The van der Waals surface area contributed by atoms with Crippen molar-refractivity contribution in [3.63, 3.8) is 0 Å². The maximum absolute atomic E-state index is 11.6. The zero-order valence-corrected chi connectivity index (χ0v) is 11.6. The van der Waals surface area contributed by atoms with Crippen LogP contribution in [0.4, 0.5) is 5.82 Å². The van der Waals surface area contributed by atoms with Crippen LogP contribution >= 0.6 is 0 Å². The molecule has 0 spiro atoms. The highest BCUT2D eigenvalue weighted by molar-refractivity contribution is 5.77. The van der Waals surface area contributed by atoms with E-state index in [-0.39, 0.29) is 12.5 Å². The van der Waals surface area contributed by atoms with E-state index in [0.29, 0.717) is 19.1 Å². The zero-order valence-electron chi connectivity index (χ0n) is 11.6. The summed E-state index contributed by atoms with van der Waals surface area (Å²) in [5.74, 6) is 1.49. The smallest absolute Gasteiger partial charge is 0.246 e. The molecule has 0 aliphatic heterocycles.